The number of oxazole rings is 1. The number of carbonyl (C=O) groups is 1. The maximum absolute atomic E-state index is 12.8. The molecule has 1 saturated carbocycles. The fourth-order valence-corrected chi connectivity index (χ4v) is 4.54. The van der Waals surface area contributed by atoms with E-state index < -0.39 is 15.9 Å². The molecular weight excluding hydrogens is 418 g/mol. The molecule has 0 aliphatic heterocycles. The van der Waals surface area contributed by atoms with Crippen LogP contribution in [0, 0.1) is 0 Å². The molecule has 1 aliphatic rings. The highest BCUT2D eigenvalue weighted by atomic mass is 32.2. The summed E-state index contributed by atoms with van der Waals surface area (Å²) in [5, 5.41) is 2.79. The van der Waals surface area contributed by atoms with Gasteiger partial charge in [-0.15, -0.1) is 0 Å². The van der Waals surface area contributed by atoms with Crippen LogP contribution in [0.25, 0.3) is 11.1 Å². The maximum Gasteiger partial charge on any atom is 0.255 e. The highest BCUT2D eigenvalue weighted by Crippen LogP contribution is 2.30. The van der Waals surface area contributed by atoms with E-state index in [0.717, 1.165) is 12.8 Å². The van der Waals surface area contributed by atoms with Gasteiger partial charge >= 0.3 is 0 Å². The van der Waals surface area contributed by atoms with Crippen molar-refractivity contribution in [2.75, 3.05) is 12.4 Å². The predicted octanol–water partition coefficient (Wildman–Crippen LogP) is 3.83. The Balaban J connectivity index is 1.60. The molecule has 0 radical (unpaired) electrons. The summed E-state index contributed by atoms with van der Waals surface area (Å²) < 4.78 is 39.0. The van der Waals surface area contributed by atoms with Gasteiger partial charge in [0, 0.05) is 22.7 Å². The Labute approximate surface area is 181 Å². The van der Waals surface area contributed by atoms with Crippen LogP contribution in [-0.2, 0) is 15.4 Å². The fraction of sp³-hybridized carbons (Fsp3) is 0.364. The molecule has 1 aliphatic carbocycles. The van der Waals surface area contributed by atoms with Crippen LogP contribution < -0.4 is 14.8 Å². The van der Waals surface area contributed by atoms with Crippen LogP contribution in [0.1, 0.15) is 49.9 Å². The zero-order valence-corrected chi connectivity index (χ0v) is 18.7. The second-order valence-corrected chi connectivity index (χ2v) is 10.3. The SMILES string of the molecule is COc1ccc(C(=O)Nc2ccc3oc(C(C)(C)C)nc3c2)cc1S(=O)(=O)NC1CC1. The average Bonchev–Trinajstić information content (AvgIpc) is 3.39. The summed E-state index contributed by atoms with van der Waals surface area (Å²) in [6.45, 7) is 6.02. The molecular formula is C22H25N3O5S. The van der Waals surface area contributed by atoms with Gasteiger partial charge in [0.25, 0.3) is 5.91 Å². The molecule has 0 unspecified atom stereocenters. The lowest BCUT2D eigenvalue weighted by molar-refractivity contribution is 0.102. The van der Waals surface area contributed by atoms with Gasteiger partial charge in [-0.3, -0.25) is 4.79 Å². The van der Waals surface area contributed by atoms with E-state index >= 15 is 0 Å². The van der Waals surface area contributed by atoms with Crippen molar-refractivity contribution in [1.82, 2.24) is 9.71 Å². The number of hydrogen-bond acceptors (Lipinski definition) is 6. The summed E-state index contributed by atoms with van der Waals surface area (Å²) in [5.74, 6) is 0.354. The summed E-state index contributed by atoms with van der Waals surface area (Å²) in [5.41, 5.74) is 1.76. The van der Waals surface area contributed by atoms with Crippen LogP contribution in [-0.4, -0.2) is 32.5 Å². The van der Waals surface area contributed by atoms with Crippen LogP contribution >= 0.6 is 0 Å². The van der Waals surface area contributed by atoms with Gasteiger partial charge in [0.15, 0.2) is 5.58 Å². The Bertz CT molecular complexity index is 1250. The number of hydrogen-bond donors (Lipinski definition) is 2. The molecule has 0 atom stereocenters. The van der Waals surface area contributed by atoms with Crippen molar-refractivity contribution in [3.05, 3.63) is 47.9 Å². The van der Waals surface area contributed by atoms with Gasteiger partial charge in [0.2, 0.25) is 15.9 Å². The number of fused-ring (bicyclic) bond motifs is 1. The number of carbonyl (C=O) groups excluding carboxylic acids is 1. The Morgan fingerprint density at radius 3 is 2.55 bits per heavy atom. The first-order chi connectivity index (χ1) is 14.6. The van der Waals surface area contributed by atoms with E-state index in [9.17, 15) is 13.2 Å². The third-order valence-corrected chi connectivity index (χ3v) is 6.44. The normalized spacial score (nSPS) is 14.6. The van der Waals surface area contributed by atoms with Crippen LogP contribution in [0.3, 0.4) is 0 Å². The maximum atomic E-state index is 12.8. The van der Waals surface area contributed by atoms with Crippen molar-refractivity contribution < 1.29 is 22.4 Å². The number of amides is 1. The lowest BCUT2D eigenvalue weighted by atomic mass is 9.97. The van der Waals surface area contributed by atoms with E-state index in [1.807, 2.05) is 20.8 Å². The molecule has 31 heavy (non-hydrogen) atoms. The van der Waals surface area contributed by atoms with Gasteiger partial charge in [-0.05, 0) is 49.2 Å². The number of anilines is 1. The van der Waals surface area contributed by atoms with Crippen LogP contribution in [0.15, 0.2) is 45.7 Å². The van der Waals surface area contributed by atoms with Gasteiger partial charge in [-0.1, -0.05) is 20.8 Å². The topological polar surface area (TPSA) is 111 Å². The number of nitrogens with one attached hydrogen (secondary N) is 2. The number of benzene rings is 2. The minimum absolute atomic E-state index is 0.0561. The fourth-order valence-electron chi connectivity index (χ4n) is 3.04. The standard InChI is InChI=1S/C22H25N3O5S/c1-22(2,3)21-24-16-12-15(8-10-17(16)30-21)23-20(26)13-5-9-18(29-4)19(11-13)31(27,28)25-14-6-7-14/h5,8-12,14,25H,6-7H2,1-4H3,(H,23,26). The summed E-state index contributed by atoms with van der Waals surface area (Å²) in [6.07, 6.45) is 1.62. The molecule has 0 spiro atoms. The number of aromatic nitrogens is 1. The molecule has 0 saturated heterocycles. The second-order valence-electron chi connectivity index (χ2n) is 8.67. The Kier molecular flexibility index (Phi) is 5.26. The number of nitrogens with zero attached hydrogens (tertiary/aromatic N) is 1. The van der Waals surface area contributed by atoms with E-state index in [1.54, 1.807) is 18.2 Å². The molecule has 4 rings (SSSR count). The van der Waals surface area contributed by atoms with Crippen molar-refractivity contribution in [3.63, 3.8) is 0 Å². The smallest absolute Gasteiger partial charge is 0.255 e. The Morgan fingerprint density at radius 2 is 1.90 bits per heavy atom. The van der Waals surface area contributed by atoms with Crippen molar-refractivity contribution in [3.8, 4) is 5.75 Å². The van der Waals surface area contributed by atoms with E-state index in [-0.39, 0.29) is 27.7 Å². The van der Waals surface area contributed by atoms with E-state index in [4.69, 9.17) is 9.15 Å². The Morgan fingerprint density at radius 1 is 1.16 bits per heavy atom. The molecule has 1 heterocycles. The van der Waals surface area contributed by atoms with Crippen molar-refractivity contribution in [1.29, 1.82) is 0 Å². The first kappa shape index (κ1) is 21.3. The van der Waals surface area contributed by atoms with E-state index in [1.165, 1.54) is 25.3 Å². The lowest BCUT2D eigenvalue weighted by Gasteiger charge is -2.12. The summed E-state index contributed by atoms with van der Waals surface area (Å²) in [4.78, 5) is 17.3. The minimum atomic E-state index is -3.79. The average molecular weight is 444 g/mol. The third-order valence-electron chi connectivity index (χ3n) is 4.90. The highest BCUT2D eigenvalue weighted by molar-refractivity contribution is 7.89. The highest BCUT2D eigenvalue weighted by Gasteiger charge is 2.30. The lowest BCUT2D eigenvalue weighted by Crippen LogP contribution is -2.26. The number of rotatable bonds is 6. The van der Waals surface area contributed by atoms with Gasteiger partial charge in [-0.2, -0.15) is 0 Å². The van der Waals surface area contributed by atoms with Crippen molar-refractivity contribution >= 4 is 32.7 Å². The van der Waals surface area contributed by atoms with E-state index in [0.29, 0.717) is 22.7 Å². The summed E-state index contributed by atoms with van der Waals surface area (Å²) >= 11 is 0. The van der Waals surface area contributed by atoms with Crippen molar-refractivity contribution in [2.24, 2.45) is 0 Å². The Hall–Kier alpha value is -2.91. The molecule has 164 valence electrons. The van der Waals surface area contributed by atoms with Gasteiger partial charge in [-0.25, -0.2) is 18.1 Å². The van der Waals surface area contributed by atoms with Gasteiger partial charge in [0.05, 0.1) is 7.11 Å². The summed E-state index contributed by atoms with van der Waals surface area (Å²) in [6, 6.07) is 9.46. The van der Waals surface area contributed by atoms with Crippen LogP contribution in [0.4, 0.5) is 5.69 Å². The third kappa shape index (κ3) is 4.57. The molecule has 1 fully saturated rings. The number of methoxy groups -OCH3 is 1. The first-order valence-electron chi connectivity index (χ1n) is 9.99. The molecule has 0 bridgehead atoms. The molecule has 2 N–H and O–H groups in total. The second kappa shape index (κ2) is 7.65. The monoisotopic (exact) mass is 443 g/mol. The van der Waals surface area contributed by atoms with E-state index in [2.05, 4.69) is 15.0 Å². The largest absolute Gasteiger partial charge is 0.495 e. The molecule has 8 nitrogen and oxygen atoms in total. The molecule has 3 aromatic rings. The molecule has 1 amide bonds. The predicted molar refractivity (Wildman–Crippen MR) is 117 cm³/mol. The van der Waals surface area contributed by atoms with Crippen molar-refractivity contribution in [2.45, 2.75) is 50.0 Å². The minimum Gasteiger partial charge on any atom is -0.495 e. The first-order valence-corrected chi connectivity index (χ1v) is 11.5. The quantitative estimate of drug-likeness (QED) is 0.599. The van der Waals surface area contributed by atoms with Crippen LogP contribution in [0.5, 0.6) is 5.75 Å². The van der Waals surface area contributed by atoms with Gasteiger partial charge in [0.1, 0.15) is 16.2 Å². The zero-order chi connectivity index (χ0) is 22.4. The molecule has 1 aromatic heterocycles. The molecule has 9 heteroatoms. The van der Waals surface area contributed by atoms with Crippen LogP contribution in [0.2, 0.25) is 0 Å². The number of ether oxygens (including phenoxy) is 1. The number of sulfonamides is 1. The zero-order valence-electron chi connectivity index (χ0n) is 17.9. The summed E-state index contributed by atoms with van der Waals surface area (Å²) in [7, 11) is -2.39. The molecule has 2 aromatic carbocycles. The van der Waals surface area contributed by atoms with Gasteiger partial charge < -0.3 is 14.5 Å².